The van der Waals surface area contributed by atoms with Crippen molar-refractivity contribution >= 4 is 18.9 Å². The van der Waals surface area contributed by atoms with E-state index in [1.165, 1.54) is 0 Å². The van der Waals surface area contributed by atoms with Crippen LogP contribution in [0.25, 0.3) is 0 Å². The van der Waals surface area contributed by atoms with Crippen LogP contribution in [0.3, 0.4) is 0 Å². The van der Waals surface area contributed by atoms with Gasteiger partial charge in [0.05, 0.1) is 0 Å². The normalized spacial score (nSPS) is 20.0. The molecule has 0 aromatic heterocycles. The predicted molar refractivity (Wildman–Crippen MR) is 31.2 cm³/mol. The molecule has 0 aromatic carbocycles. The molecule has 0 aromatic rings. The van der Waals surface area contributed by atoms with Gasteiger partial charge < -0.3 is 0 Å². The molecule has 0 saturated heterocycles. The Morgan fingerprint density at radius 1 is 1.17 bits per heavy atom. The molecule has 0 atom stereocenters. The van der Waals surface area contributed by atoms with Gasteiger partial charge in [0.25, 0.3) is 0 Å². The summed E-state index contributed by atoms with van der Waals surface area (Å²) in [6, 6.07) is 0. The molecule has 32 valence electrons. The van der Waals surface area contributed by atoms with Crippen molar-refractivity contribution < 1.29 is 0 Å². The SMILES string of the molecule is C=[Se]1C=CC=C1. The van der Waals surface area contributed by atoms with Gasteiger partial charge in [-0.25, -0.2) is 0 Å². The summed E-state index contributed by atoms with van der Waals surface area (Å²) in [4.78, 5) is 4.36. The average molecular weight is 145 g/mol. The average Bonchev–Trinajstić information content (AvgIpc) is 1.86. The van der Waals surface area contributed by atoms with Crippen molar-refractivity contribution in [2.45, 2.75) is 0 Å². The Hall–Kier alpha value is -0.131. The number of rotatable bonds is 0. The topological polar surface area (TPSA) is 0 Å². The fourth-order valence-electron chi connectivity index (χ4n) is 0.338. The molecule has 0 N–H and O–H groups in total. The van der Waals surface area contributed by atoms with Crippen molar-refractivity contribution in [3.63, 3.8) is 0 Å². The van der Waals surface area contributed by atoms with Gasteiger partial charge >= 0.3 is 41.0 Å². The van der Waals surface area contributed by atoms with Gasteiger partial charge in [0.15, 0.2) is 0 Å². The molecule has 0 radical (unpaired) electrons. The molecule has 0 bridgehead atoms. The van der Waals surface area contributed by atoms with E-state index < -0.39 is 13.5 Å². The van der Waals surface area contributed by atoms with E-state index in [1.807, 2.05) is 0 Å². The van der Waals surface area contributed by atoms with Crippen LogP contribution in [-0.4, -0.2) is 18.9 Å². The van der Waals surface area contributed by atoms with Gasteiger partial charge in [0, 0.05) is 0 Å². The molecule has 0 aliphatic carbocycles. The first-order chi connectivity index (χ1) is 2.89. The summed E-state index contributed by atoms with van der Waals surface area (Å²) in [5.41, 5.74) is 3.89. The van der Waals surface area contributed by atoms with Crippen molar-refractivity contribution in [1.29, 1.82) is 0 Å². The predicted octanol–water partition coefficient (Wildman–Crippen LogP) is 0.699. The molecule has 0 fully saturated rings. The Labute approximate surface area is 41.6 Å². The van der Waals surface area contributed by atoms with Crippen LogP contribution in [0.5, 0.6) is 0 Å². The van der Waals surface area contributed by atoms with Gasteiger partial charge in [0.1, 0.15) is 0 Å². The maximum atomic E-state index is 3.89. The fraction of sp³-hybridized carbons (Fsp3) is 0. The van der Waals surface area contributed by atoms with Gasteiger partial charge in [-0.15, -0.1) is 0 Å². The van der Waals surface area contributed by atoms with E-state index in [0.717, 1.165) is 0 Å². The zero-order chi connectivity index (χ0) is 4.41. The molecule has 6 heavy (non-hydrogen) atoms. The molecule has 0 saturated carbocycles. The minimum absolute atomic E-state index is 0.551. The first kappa shape index (κ1) is 4.04. The fourth-order valence-corrected chi connectivity index (χ4v) is 1.76. The van der Waals surface area contributed by atoms with Crippen molar-refractivity contribution in [2.24, 2.45) is 0 Å². The molecule has 1 rings (SSSR count). The molecule has 0 nitrogen and oxygen atoms in total. The maximum absolute atomic E-state index is 3.89. The second kappa shape index (κ2) is 1.55. The molecule has 1 heteroatoms. The molecular formula is C5H6Se. The number of hydrogen-bond acceptors (Lipinski definition) is 0. The molecular weight excluding hydrogens is 139 g/mol. The summed E-state index contributed by atoms with van der Waals surface area (Å²) in [7, 11) is 0. The van der Waals surface area contributed by atoms with Crippen molar-refractivity contribution in [3.8, 4) is 0 Å². The zero-order valence-electron chi connectivity index (χ0n) is 3.42. The van der Waals surface area contributed by atoms with E-state index in [-0.39, 0.29) is 0 Å². The van der Waals surface area contributed by atoms with Gasteiger partial charge in [-0.05, 0) is 0 Å². The quantitative estimate of drug-likeness (QED) is 0.440. The standard InChI is InChI=1S/C5H6Se/c1-6-4-2-3-5-6/h2-5H,1H2. The Morgan fingerprint density at radius 2 is 1.67 bits per heavy atom. The second-order valence-electron chi connectivity index (χ2n) is 1.13. The summed E-state index contributed by atoms with van der Waals surface area (Å²) in [6.07, 6.45) is 4.13. The van der Waals surface area contributed by atoms with Crippen LogP contribution in [0.15, 0.2) is 22.1 Å². The van der Waals surface area contributed by atoms with E-state index in [9.17, 15) is 0 Å². The first-order valence-corrected chi connectivity index (χ1v) is 4.95. The van der Waals surface area contributed by atoms with Gasteiger partial charge in [-0.1, -0.05) is 0 Å². The van der Waals surface area contributed by atoms with E-state index in [2.05, 4.69) is 27.5 Å². The van der Waals surface area contributed by atoms with Crippen LogP contribution in [0.2, 0.25) is 0 Å². The Kier molecular flexibility index (Phi) is 1.04. The van der Waals surface area contributed by atoms with Crippen LogP contribution >= 0.6 is 0 Å². The molecule has 1 aliphatic rings. The van der Waals surface area contributed by atoms with Crippen molar-refractivity contribution in [3.05, 3.63) is 22.1 Å². The second-order valence-corrected chi connectivity index (χ2v) is 4.24. The van der Waals surface area contributed by atoms with Crippen LogP contribution in [-0.2, 0) is 0 Å². The van der Waals surface area contributed by atoms with Crippen molar-refractivity contribution in [2.75, 3.05) is 0 Å². The van der Waals surface area contributed by atoms with Gasteiger partial charge in [-0.2, -0.15) is 0 Å². The summed E-state index contributed by atoms with van der Waals surface area (Å²) >= 11 is -0.551. The molecule has 0 spiro atoms. The van der Waals surface area contributed by atoms with Gasteiger partial charge in [-0.3, -0.25) is 0 Å². The Bertz CT molecular complexity index is 106. The first-order valence-electron chi connectivity index (χ1n) is 1.76. The molecule has 1 heterocycles. The summed E-state index contributed by atoms with van der Waals surface area (Å²) < 4.78 is 0. The van der Waals surface area contributed by atoms with E-state index in [1.54, 1.807) is 0 Å². The van der Waals surface area contributed by atoms with Crippen LogP contribution in [0.4, 0.5) is 0 Å². The molecule has 0 amide bonds. The number of allylic oxidation sites excluding steroid dienone is 2. The Morgan fingerprint density at radius 3 is 1.83 bits per heavy atom. The van der Waals surface area contributed by atoms with Crippen LogP contribution in [0, 0.1) is 0 Å². The number of hydrogen-bond donors (Lipinski definition) is 0. The summed E-state index contributed by atoms with van der Waals surface area (Å²) in [6.45, 7) is 0. The van der Waals surface area contributed by atoms with E-state index in [4.69, 9.17) is 0 Å². The third-order valence-electron chi connectivity index (χ3n) is 0.618. The van der Waals surface area contributed by atoms with E-state index in [0.29, 0.717) is 0 Å². The third kappa shape index (κ3) is 0.675. The summed E-state index contributed by atoms with van der Waals surface area (Å²) in [5.74, 6) is 0. The van der Waals surface area contributed by atoms with Crippen molar-refractivity contribution in [1.82, 2.24) is 0 Å². The van der Waals surface area contributed by atoms with E-state index >= 15 is 0 Å². The Balaban J connectivity index is 2.86. The van der Waals surface area contributed by atoms with Crippen LogP contribution in [0.1, 0.15) is 0 Å². The van der Waals surface area contributed by atoms with Gasteiger partial charge in [0.2, 0.25) is 0 Å². The third-order valence-corrected chi connectivity index (χ3v) is 2.74. The van der Waals surface area contributed by atoms with Crippen LogP contribution < -0.4 is 0 Å². The summed E-state index contributed by atoms with van der Waals surface area (Å²) in [5, 5.41) is 0. The molecule has 1 aliphatic heterocycles. The minimum atomic E-state index is -0.551. The zero-order valence-corrected chi connectivity index (χ0v) is 5.14. The molecule has 0 unspecified atom stereocenters. The monoisotopic (exact) mass is 146 g/mol.